The average Bonchev–Trinajstić information content (AvgIpc) is 2.20. The fourth-order valence-electron chi connectivity index (χ4n) is 1.71. The number of carbonyl (C=O) groups excluding carboxylic acids is 1. The summed E-state index contributed by atoms with van der Waals surface area (Å²) in [6, 6.07) is 8.36. The Morgan fingerprint density at radius 1 is 1.41 bits per heavy atom. The van der Waals surface area contributed by atoms with Gasteiger partial charge in [-0.1, -0.05) is 28.1 Å². The average molecular weight is 299 g/mol. The first-order chi connectivity index (χ1) is 7.81. The van der Waals surface area contributed by atoms with Crippen LogP contribution in [0.5, 0.6) is 0 Å². The number of halogens is 1. The van der Waals surface area contributed by atoms with E-state index in [0.29, 0.717) is 0 Å². The van der Waals surface area contributed by atoms with Crippen LogP contribution in [-0.4, -0.2) is 17.5 Å². The van der Waals surface area contributed by atoms with Crippen molar-refractivity contribution in [2.45, 2.75) is 38.8 Å². The van der Waals surface area contributed by atoms with Crippen LogP contribution in [0, 0.1) is 0 Å². The molecule has 94 valence electrons. The van der Waals surface area contributed by atoms with Gasteiger partial charge in [0.2, 0.25) is 5.91 Å². The Kier molecular flexibility index (Phi) is 4.71. The van der Waals surface area contributed by atoms with Crippen LogP contribution >= 0.6 is 15.9 Å². The van der Waals surface area contributed by atoms with Crippen molar-refractivity contribution in [2.24, 2.45) is 5.73 Å². The molecule has 0 aliphatic heterocycles. The van der Waals surface area contributed by atoms with Gasteiger partial charge in [-0.25, -0.2) is 0 Å². The molecule has 0 saturated carbocycles. The molecule has 0 aromatic heterocycles. The molecule has 0 fully saturated rings. The van der Waals surface area contributed by atoms with Crippen LogP contribution in [0.4, 0.5) is 0 Å². The van der Waals surface area contributed by atoms with Gasteiger partial charge in [-0.05, 0) is 44.9 Å². The molecule has 0 heterocycles. The number of hydrogen-bond donors (Lipinski definition) is 2. The van der Waals surface area contributed by atoms with E-state index in [0.717, 1.165) is 10.9 Å². The first-order valence-electron chi connectivity index (χ1n) is 5.63. The molecule has 0 spiro atoms. The summed E-state index contributed by atoms with van der Waals surface area (Å²) in [6.45, 7) is 5.65. The van der Waals surface area contributed by atoms with E-state index in [1.165, 1.54) is 5.56 Å². The monoisotopic (exact) mass is 298 g/mol. The van der Waals surface area contributed by atoms with Gasteiger partial charge in [0.1, 0.15) is 0 Å². The highest BCUT2D eigenvalue weighted by Gasteiger charge is 2.26. The van der Waals surface area contributed by atoms with Gasteiger partial charge in [-0.3, -0.25) is 4.79 Å². The van der Waals surface area contributed by atoms with Crippen molar-refractivity contribution in [1.82, 2.24) is 5.32 Å². The molecule has 0 radical (unpaired) electrons. The summed E-state index contributed by atoms with van der Waals surface area (Å²) in [7, 11) is 0. The first-order valence-corrected chi connectivity index (χ1v) is 6.42. The Bertz CT molecular complexity index is 387. The summed E-state index contributed by atoms with van der Waals surface area (Å²) in [5, 5.41) is 3.23. The SMILES string of the molecule is CC(Cc1ccc(Br)cc1)NC(C)(C)C(N)=O. The summed E-state index contributed by atoms with van der Waals surface area (Å²) >= 11 is 3.40. The summed E-state index contributed by atoms with van der Waals surface area (Å²) in [5.74, 6) is -0.333. The molecule has 3 N–H and O–H groups in total. The minimum atomic E-state index is -0.672. The molecule has 1 atom stereocenters. The van der Waals surface area contributed by atoms with Crippen LogP contribution in [0.2, 0.25) is 0 Å². The molecule has 3 nitrogen and oxygen atoms in total. The predicted molar refractivity (Wildman–Crippen MR) is 73.7 cm³/mol. The molecule has 1 amide bonds. The highest BCUT2D eigenvalue weighted by molar-refractivity contribution is 9.10. The molecule has 1 aromatic carbocycles. The van der Waals surface area contributed by atoms with Gasteiger partial charge in [0.05, 0.1) is 5.54 Å². The predicted octanol–water partition coefficient (Wildman–Crippen LogP) is 2.23. The fourth-order valence-corrected chi connectivity index (χ4v) is 1.98. The maximum atomic E-state index is 11.2. The number of benzene rings is 1. The molecule has 1 unspecified atom stereocenters. The molecule has 17 heavy (non-hydrogen) atoms. The zero-order valence-corrected chi connectivity index (χ0v) is 12.0. The van der Waals surface area contributed by atoms with E-state index < -0.39 is 5.54 Å². The highest BCUT2D eigenvalue weighted by atomic mass is 79.9. The molecule has 0 aliphatic rings. The van der Waals surface area contributed by atoms with Gasteiger partial charge in [0.15, 0.2) is 0 Å². The molecule has 0 bridgehead atoms. The van der Waals surface area contributed by atoms with Gasteiger partial charge >= 0.3 is 0 Å². The molecular formula is C13H19BrN2O. The Labute approximate surface area is 111 Å². The Morgan fingerprint density at radius 3 is 2.41 bits per heavy atom. The lowest BCUT2D eigenvalue weighted by Crippen LogP contribution is -2.54. The van der Waals surface area contributed by atoms with Crippen molar-refractivity contribution < 1.29 is 4.79 Å². The number of rotatable bonds is 5. The van der Waals surface area contributed by atoms with Crippen LogP contribution in [-0.2, 0) is 11.2 Å². The van der Waals surface area contributed by atoms with Crippen LogP contribution in [0.25, 0.3) is 0 Å². The van der Waals surface area contributed by atoms with Crippen molar-refractivity contribution >= 4 is 21.8 Å². The highest BCUT2D eigenvalue weighted by Crippen LogP contribution is 2.13. The van der Waals surface area contributed by atoms with Crippen molar-refractivity contribution in [3.05, 3.63) is 34.3 Å². The molecule has 0 saturated heterocycles. The van der Waals surface area contributed by atoms with Crippen LogP contribution < -0.4 is 11.1 Å². The lowest BCUT2D eigenvalue weighted by molar-refractivity contribution is -0.123. The van der Waals surface area contributed by atoms with E-state index in [2.05, 4.69) is 33.4 Å². The zero-order chi connectivity index (χ0) is 13.1. The maximum absolute atomic E-state index is 11.2. The quantitative estimate of drug-likeness (QED) is 0.876. The number of carbonyl (C=O) groups is 1. The molecule has 0 aliphatic carbocycles. The molecule has 1 aromatic rings. The van der Waals surface area contributed by atoms with Gasteiger partial charge in [-0.15, -0.1) is 0 Å². The number of amides is 1. The Hall–Kier alpha value is -0.870. The van der Waals surface area contributed by atoms with E-state index in [4.69, 9.17) is 5.73 Å². The van der Waals surface area contributed by atoms with Crippen LogP contribution in [0.15, 0.2) is 28.7 Å². The van der Waals surface area contributed by atoms with E-state index in [1.54, 1.807) is 13.8 Å². The first kappa shape index (κ1) is 14.2. The molecular weight excluding hydrogens is 280 g/mol. The van der Waals surface area contributed by atoms with E-state index in [1.807, 2.05) is 19.1 Å². The molecule has 1 rings (SSSR count). The Morgan fingerprint density at radius 2 is 1.94 bits per heavy atom. The molecule has 4 heteroatoms. The summed E-state index contributed by atoms with van der Waals surface area (Å²) in [6.07, 6.45) is 0.865. The van der Waals surface area contributed by atoms with Gasteiger partial charge in [0, 0.05) is 10.5 Å². The van der Waals surface area contributed by atoms with Crippen LogP contribution in [0.3, 0.4) is 0 Å². The van der Waals surface area contributed by atoms with Gasteiger partial charge < -0.3 is 11.1 Å². The van der Waals surface area contributed by atoms with Crippen molar-refractivity contribution in [3.63, 3.8) is 0 Å². The third-order valence-corrected chi connectivity index (χ3v) is 3.21. The number of nitrogens with two attached hydrogens (primary N) is 1. The maximum Gasteiger partial charge on any atom is 0.237 e. The third kappa shape index (κ3) is 4.48. The van der Waals surface area contributed by atoms with E-state index in [9.17, 15) is 4.79 Å². The summed E-state index contributed by atoms with van der Waals surface area (Å²) in [4.78, 5) is 11.2. The third-order valence-electron chi connectivity index (χ3n) is 2.68. The number of primary amides is 1. The van der Waals surface area contributed by atoms with Gasteiger partial charge in [0.25, 0.3) is 0 Å². The second kappa shape index (κ2) is 5.65. The van der Waals surface area contributed by atoms with Crippen molar-refractivity contribution in [3.8, 4) is 0 Å². The number of nitrogens with one attached hydrogen (secondary N) is 1. The fraction of sp³-hybridized carbons (Fsp3) is 0.462. The minimum absolute atomic E-state index is 0.193. The van der Waals surface area contributed by atoms with Crippen molar-refractivity contribution in [2.75, 3.05) is 0 Å². The number of hydrogen-bond acceptors (Lipinski definition) is 2. The summed E-state index contributed by atoms with van der Waals surface area (Å²) in [5.41, 5.74) is 5.88. The minimum Gasteiger partial charge on any atom is -0.368 e. The van der Waals surface area contributed by atoms with Gasteiger partial charge in [-0.2, -0.15) is 0 Å². The smallest absolute Gasteiger partial charge is 0.237 e. The second-order valence-electron chi connectivity index (χ2n) is 4.87. The lowest BCUT2D eigenvalue weighted by Gasteiger charge is -2.27. The Balaban J connectivity index is 2.58. The van der Waals surface area contributed by atoms with Crippen molar-refractivity contribution in [1.29, 1.82) is 0 Å². The van der Waals surface area contributed by atoms with E-state index >= 15 is 0 Å². The normalized spacial score (nSPS) is 13.4. The lowest BCUT2D eigenvalue weighted by atomic mass is 10.0. The second-order valence-corrected chi connectivity index (χ2v) is 5.78. The van der Waals surface area contributed by atoms with E-state index in [-0.39, 0.29) is 11.9 Å². The largest absolute Gasteiger partial charge is 0.368 e. The summed E-state index contributed by atoms with van der Waals surface area (Å²) < 4.78 is 1.07. The topological polar surface area (TPSA) is 55.1 Å². The zero-order valence-electron chi connectivity index (χ0n) is 10.5. The standard InChI is InChI=1S/C13H19BrN2O/c1-9(16-13(2,3)12(15)17)8-10-4-6-11(14)7-5-10/h4-7,9,16H,8H2,1-3H3,(H2,15,17). The van der Waals surface area contributed by atoms with Crippen LogP contribution in [0.1, 0.15) is 26.3 Å².